The number of likely N-dealkylation sites (tertiary alicyclic amines) is 1. The molecular weight excluding hydrogens is 328 g/mol. The van der Waals surface area contributed by atoms with Gasteiger partial charge >= 0.3 is 6.03 Å². The van der Waals surface area contributed by atoms with Crippen LogP contribution in [-0.4, -0.2) is 29.4 Å². The fraction of sp³-hybridized carbons (Fsp3) is 0.250. The van der Waals surface area contributed by atoms with E-state index in [-0.39, 0.29) is 18.0 Å². The second kappa shape index (κ2) is 8.17. The van der Waals surface area contributed by atoms with E-state index in [4.69, 9.17) is 5.26 Å². The minimum atomic E-state index is -0.313. The monoisotopic (exact) mass is 348 g/mol. The number of benzene rings is 2. The van der Waals surface area contributed by atoms with Gasteiger partial charge in [0.05, 0.1) is 17.7 Å². The molecule has 0 aliphatic carbocycles. The third-order valence-electron chi connectivity index (χ3n) is 4.28. The molecule has 0 aromatic heterocycles. The van der Waals surface area contributed by atoms with Crippen LogP contribution in [0.4, 0.5) is 4.79 Å². The van der Waals surface area contributed by atoms with Crippen LogP contribution in [0, 0.1) is 11.3 Å². The molecule has 2 aromatic rings. The van der Waals surface area contributed by atoms with Crippen molar-refractivity contribution in [1.29, 1.82) is 5.26 Å². The van der Waals surface area contributed by atoms with Gasteiger partial charge in [0.15, 0.2) is 0 Å². The Labute approximate surface area is 152 Å². The molecule has 3 rings (SSSR count). The predicted molar refractivity (Wildman–Crippen MR) is 96.8 cm³/mol. The van der Waals surface area contributed by atoms with E-state index in [2.05, 4.69) is 16.7 Å². The number of hydrogen-bond acceptors (Lipinski definition) is 3. The Morgan fingerprint density at radius 2 is 1.92 bits per heavy atom. The summed E-state index contributed by atoms with van der Waals surface area (Å²) in [4.78, 5) is 26.0. The van der Waals surface area contributed by atoms with Crippen molar-refractivity contribution in [2.75, 3.05) is 6.54 Å². The van der Waals surface area contributed by atoms with Crippen molar-refractivity contribution in [3.8, 4) is 6.07 Å². The average molecular weight is 348 g/mol. The maximum atomic E-state index is 12.1. The van der Waals surface area contributed by atoms with Gasteiger partial charge in [-0.1, -0.05) is 42.5 Å². The number of carbonyl (C=O) groups is 2. The highest BCUT2D eigenvalue weighted by molar-refractivity contribution is 5.81. The minimum absolute atomic E-state index is 0.0425. The van der Waals surface area contributed by atoms with Gasteiger partial charge in [-0.15, -0.1) is 0 Å². The fourth-order valence-electron chi connectivity index (χ4n) is 3.00. The van der Waals surface area contributed by atoms with Crippen molar-refractivity contribution in [3.05, 3.63) is 71.3 Å². The molecule has 0 bridgehead atoms. The lowest BCUT2D eigenvalue weighted by Crippen LogP contribution is -2.43. The van der Waals surface area contributed by atoms with E-state index >= 15 is 0 Å². The summed E-state index contributed by atoms with van der Waals surface area (Å²) in [5.74, 6) is 0.0425. The summed E-state index contributed by atoms with van der Waals surface area (Å²) in [7, 11) is 0. The van der Waals surface area contributed by atoms with Crippen LogP contribution in [0.5, 0.6) is 0 Å². The van der Waals surface area contributed by atoms with Crippen LogP contribution in [0.2, 0.25) is 0 Å². The Morgan fingerprint density at radius 1 is 1.15 bits per heavy atom. The molecule has 2 aromatic carbocycles. The Hall–Kier alpha value is -3.33. The summed E-state index contributed by atoms with van der Waals surface area (Å²) in [6.45, 7) is 1.39. The summed E-state index contributed by atoms with van der Waals surface area (Å²) < 4.78 is 0. The van der Waals surface area contributed by atoms with Crippen molar-refractivity contribution in [2.24, 2.45) is 0 Å². The molecule has 1 aliphatic rings. The molecule has 1 fully saturated rings. The number of urea groups is 1. The van der Waals surface area contributed by atoms with Gasteiger partial charge in [-0.3, -0.25) is 4.79 Å². The zero-order valence-corrected chi connectivity index (χ0v) is 14.3. The van der Waals surface area contributed by atoms with Gasteiger partial charge in [0.1, 0.15) is 0 Å². The van der Waals surface area contributed by atoms with Gasteiger partial charge in [-0.2, -0.15) is 5.26 Å². The van der Waals surface area contributed by atoms with Gasteiger partial charge in [-0.05, 0) is 23.3 Å². The average Bonchev–Trinajstić information content (AvgIpc) is 3.00. The largest absolute Gasteiger partial charge is 0.336 e. The first-order valence-electron chi connectivity index (χ1n) is 8.49. The van der Waals surface area contributed by atoms with Gasteiger partial charge in [0.2, 0.25) is 5.91 Å². The van der Waals surface area contributed by atoms with E-state index in [1.54, 1.807) is 23.1 Å². The van der Waals surface area contributed by atoms with Crippen molar-refractivity contribution in [3.63, 3.8) is 0 Å². The van der Waals surface area contributed by atoms with Crippen LogP contribution >= 0.6 is 0 Å². The molecule has 6 nitrogen and oxygen atoms in total. The first-order valence-corrected chi connectivity index (χ1v) is 8.49. The van der Waals surface area contributed by atoms with Gasteiger partial charge < -0.3 is 15.5 Å². The molecule has 1 saturated heterocycles. The Bertz CT molecular complexity index is 829. The van der Waals surface area contributed by atoms with Gasteiger partial charge in [0.25, 0.3) is 0 Å². The second-order valence-corrected chi connectivity index (χ2v) is 6.30. The molecule has 6 heteroatoms. The molecule has 1 unspecified atom stereocenters. The summed E-state index contributed by atoms with van der Waals surface area (Å²) in [6.07, 6.45) is 0.310. The number of nitrogens with zero attached hydrogens (tertiary/aromatic N) is 2. The number of amides is 3. The van der Waals surface area contributed by atoms with Gasteiger partial charge in [-0.25, -0.2) is 4.79 Å². The van der Waals surface area contributed by atoms with Crippen LogP contribution in [-0.2, 0) is 17.9 Å². The first kappa shape index (κ1) is 17.5. The summed E-state index contributed by atoms with van der Waals surface area (Å²) >= 11 is 0. The van der Waals surface area contributed by atoms with Crippen LogP contribution in [0.1, 0.15) is 23.1 Å². The Balaban J connectivity index is 1.47. The van der Waals surface area contributed by atoms with Crippen molar-refractivity contribution >= 4 is 11.9 Å². The highest BCUT2D eigenvalue weighted by atomic mass is 16.2. The first-order chi connectivity index (χ1) is 12.6. The molecule has 26 heavy (non-hydrogen) atoms. The Morgan fingerprint density at radius 3 is 2.69 bits per heavy atom. The van der Waals surface area contributed by atoms with E-state index in [1.165, 1.54) is 0 Å². The zero-order valence-electron chi connectivity index (χ0n) is 14.3. The van der Waals surface area contributed by atoms with E-state index in [0.29, 0.717) is 31.6 Å². The van der Waals surface area contributed by atoms with Gasteiger partial charge in [0, 0.05) is 26.1 Å². The van der Waals surface area contributed by atoms with Crippen molar-refractivity contribution < 1.29 is 9.59 Å². The molecule has 1 aliphatic heterocycles. The molecule has 0 radical (unpaired) electrons. The van der Waals surface area contributed by atoms with E-state index < -0.39 is 0 Å². The second-order valence-electron chi connectivity index (χ2n) is 6.30. The zero-order chi connectivity index (χ0) is 18.4. The number of carbonyl (C=O) groups excluding carboxylic acids is 2. The minimum Gasteiger partial charge on any atom is -0.336 e. The number of rotatable bonds is 5. The summed E-state index contributed by atoms with van der Waals surface area (Å²) in [6, 6.07) is 18.4. The molecule has 0 saturated carbocycles. The molecule has 3 amide bonds. The van der Waals surface area contributed by atoms with Crippen molar-refractivity contribution in [2.45, 2.75) is 25.6 Å². The lowest BCUT2D eigenvalue weighted by Gasteiger charge is -2.17. The van der Waals surface area contributed by atoms with Crippen LogP contribution < -0.4 is 10.6 Å². The molecule has 1 atom stereocenters. The lowest BCUT2D eigenvalue weighted by molar-refractivity contribution is -0.128. The number of hydrogen-bond donors (Lipinski definition) is 2. The number of nitriles is 1. The van der Waals surface area contributed by atoms with Crippen molar-refractivity contribution in [1.82, 2.24) is 15.5 Å². The normalized spacial score (nSPS) is 16.2. The predicted octanol–water partition coefficient (Wildman–Crippen LogP) is 2.16. The van der Waals surface area contributed by atoms with Crippen LogP contribution in [0.3, 0.4) is 0 Å². The molecule has 1 heterocycles. The van der Waals surface area contributed by atoms with E-state index in [9.17, 15) is 9.59 Å². The highest BCUT2D eigenvalue weighted by Crippen LogP contribution is 2.15. The van der Waals surface area contributed by atoms with E-state index in [1.807, 2.05) is 36.4 Å². The van der Waals surface area contributed by atoms with E-state index in [0.717, 1.165) is 11.1 Å². The fourth-order valence-corrected chi connectivity index (χ4v) is 3.00. The number of nitrogens with one attached hydrogen (secondary N) is 2. The maximum Gasteiger partial charge on any atom is 0.315 e. The van der Waals surface area contributed by atoms with Crippen LogP contribution in [0.25, 0.3) is 0 Å². The third kappa shape index (κ3) is 4.61. The molecule has 2 N–H and O–H groups in total. The lowest BCUT2D eigenvalue weighted by atomic mass is 10.1. The quantitative estimate of drug-likeness (QED) is 0.868. The third-order valence-corrected chi connectivity index (χ3v) is 4.28. The molecular formula is C20H20N4O2. The van der Waals surface area contributed by atoms with Crippen LogP contribution in [0.15, 0.2) is 54.6 Å². The molecule has 132 valence electrons. The SMILES string of the molecule is N#Cc1cccc(CNC(=O)NC2CC(=O)N(Cc3ccccc3)C2)c1. The molecule has 0 spiro atoms. The standard InChI is InChI=1S/C20H20N4O2/c21-11-16-7-4-8-17(9-16)12-22-20(26)23-18-10-19(25)24(14-18)13-15-5-2-1-3-6-15/h1-9,18H,10,12-14H2,(H2,22,23,26). The maximum absolute atomic E-state index is 12.1. The Kier molecular flexibility index (Phi) is 5.49. The topological polar surface area (TPSA) is 85.2 Å². The summed E-state index contributed by atoms with van der Waals surface area (Å²) in [5.41, 5.74) is 2.48. The highest BCUT2D eigenvalue weighted by Gasteiger charge is 2.30. The smallest absolute Gasteiger partial charge is 0.315 e. The summed E-state index contributed by atoms with van der Waals surface area (Å²) in [5, 5.41) is 14.5.